The van der Waals surface area contributed by atoms with E-state index in [1.54, 1.807) is 12.3 Å². The normalized spacial score (nSPS) is 10.5. The molecule has 5 nitrogen and oxygen atoms in total. The van der Waals surface area contributed by atoms with Gasteiger partial charge in [0.05, 0.1) is 11.9 Å². The third-order valence-electron chi connectivity index (χ3n) is 2.79. The molecule has 1 amide bonds. The summed E-state index contributed by atoms with van der Waals surface area (Å²) in [7, 11) is 0. The second-order valence-corrected chi connectivity index (χ2v) is 4.30. The molecular formula is C16H17N3O2. The van der Waals surface area contributed by atoms with Gasteiger partial charge in [-0.3, -0.25) is 9.78 Å². The van der Waals surface area contributed by atoms with E-state index >= 15 is 0 Å². The van der Waals surface area contributed by atoms with E-state index in [9.17, 15) is 4.79 Å². The smallest absolute Gasteiger partial charge is 0.277 e. The van der Waals surface area contributed by atoms with Crippen LogP contribution in [0.5, 0.6) is 5.75 Å². The molecule has 0 aliphatic carbocycles. The second kappa shape index (κ2) is 7.79. The van der Waals surface area contributed by atoms with Gasteiger partial charge in [-0.25, -0.2) is 5.43 Å². The van der Waals surface area contributed by atoms with Gasteiger partial charge in [-0.05, 0) is 30.2 Å². The van der Waals surface area contributed by atoms with Gasteiger partial charge in [0.2, 0.25) is 0 Å². The lowest BCUT2D eigenvalue weighted by molar-refractivity contribution is -0.123. The summed E-state index contributed by atoms with van der Waals surface area (Å²) in [6.07, 6.45) is 4.00. The molecule has 0 spiro atoms. The average molecular weight is 283 g/mol. The van der Waals surface area contributed by atoms with E-state index in [2.05, 4.69) is 15.5 Å². The van der Waals surface area contributed by atoms with Crippen molar-refractivity contribution in [2.45, 2.75) is 13.3 Å². The van der Waals surface area contributed by atoms with E-state index < -0.39 is 0 Å². The molecule has 1 N–H and O–H groups in total. The van der Waals surface area contributed by atoms with Gasteiger partial charge in [0, 0.05) is 6.20 Å². The third-order valence-corrected chi connectivity index (χ3v) is 2.79. The molecule has 1 heterocycles. The molecule has 0 aliphatic heterocycles. The number of pyridine rings is 1. The lowest BCUT2D eigenvalue weighted by Crippen LogP contribution is -2.24. The minimum atomic E-state index is -0.312. The number of hydrazone groups is 1. The monoisotopic (exact) mass is 283 g/mol. The van der Waals surface area contributed by atoms with E-state index in [0.717, 1.165) is 17.7 Å². The zero-order chi connectivity index (χ0) is 14.9. The van der Waals surface area contributed by atoms with Crippen LogP contribution in [0.15, 0.2) is 53.8 Å². The number of aromatic nitrogens is 1. The summed E-state index contributed by atoms with van der Waals surface area (Å²) in [5.74, 6) is 0.414. The predicted molar refractivity (Wildman–Crippen MR) is 81.3 cm³/mol. The molecule has 21 heavy (non-hydrogen) atoms. The first-order chi connectivity index (χ1) is 10.3. The summed E-state index contributed by atoms with van der Waals surface area (Å²) in [6, 6.07) is 13.1. The molecular weight excluding hydrogens is 266 g/mol. The van der Waals surface area contributed by atoms with Gasteiger partial charge in [-0.2, -0.15) is 5.10 Å². The molecule has 0 saturated heterocycles. The van der Waals surface area contributed by atoms with Crippen LogP contribution in [0.4, 0.5) is 0 Å². The number of carbonyl (C=O) groups excluding carboxylic acids is 1. The fourth-order valence-electron chi connectivity index (χ4n) is 1.74. The number of ether oxygens (including phenoxy) is 1. The minimum absolute atomic E-state index is 0.0728. The molecule has 0 fully saturated rings. The maximum absolute atomic E-state index is 11.6. The summed E-state index contributed by atoms with van der Waals surface area (Å²) in [5.41, 5.74) is 4.15. The Balaban J connectivity index is 1.81. The number of nitrogens with zero attached hydrogens (tertiary/aromatic N) is 2. The fourth-order valence-corrected chi connectivity index (χ4v) is 1.74. The predicted octanol–water partition coefficient (Wildman–Crippen LogP) is 2.17. The van der Waals surface area contributed by atoms with Crippen LogP contribution in [0.25, 0.3) is 0 Å². The van der Waals surface area contributed by atoms with Crippen molar-refractivity contribution in [2.24, 2.45) is 5.10 Å². The standard InChI is InChI=1S/C16H17N3O2/c1-2-13-7-3-4-9-15(13)21-12-16(20)19-18-11-14-8-5-6-10-17-14/h3-11H,2,12H2,1H3,(H,19,20)/b18-11+. The molecule has 0 saturated carbocycles. The van der Waals surface area contributed by atoms with E-state index in [-0.39, 0.29) is 12.5 Å². The molecule has 1 aromatic carbocycles. The Bertz CT molecular complexity index is 612. The Kier molecular flexibility index (Phi) is 5.46. The summed E-state index contributed by atoms with van der Waals surface area (Å²) in [4.78, 5) is 15.7. The van der Waals surface area contributed by atoms with Crippen LogP contribution in [-0.4, -0.2) is 23.7 Å². The van der Waals surface area contributed by atoms with Crippen LogP contribution in [0, 0.1) is 0 Å². The largest absolute Gasteiger partial charge is 0.483 e. The second-order valence-electron chi connectivity index (χ2n) is 4.30. The van der Waals surface area contributed by atoms with E-state index in [4.69, 9.17) is 4.74 Å². The van der Waals surface area contributed by atoms with E-state index in [1.807, 2.05) is 43.3 Å². The van der Waals surface area contributed by atoms with Gasteiger partial charge in [-0.15, -0.1) is 0 Å². The number of amides is 1. The summed E-state index contributed by atoms with van der Waals surface area (Å²) in [6.45, 7) is 1.97. The SMILES string of the molecule is CCc1ccccc1OCC(=O)N/N=C/c1ccccn1. The van der Waals surface area contributed by atoms with Crippen molar-refractivity contribution < 1.29 is 9.53 Å². The Morgan fingerprint density at radius 2 is 2.10 bits per heavy atom. The van der Waals surface area contributed by atoms with E-state index in [0.29, 0.717) is 5.69 Å². The Labute approximate surface area is 123 Å². The highest BCUT2D eigenvalue weighted by molar-refractivity contribution is 5.81. The number of carbonyl (C=O) groups is 1. The van der Waals surface area contributed by atoms with Gasteiger partial charge >= 0.3 is 0 Å². The first-order valence-electron chi connectivity index (χ1n) is 6.73. The number of hydrogen-bond acceptors (Lipinski definition) is 4. The van der Waals surface area contributed by atoms with Crippen molar-refractivity contribution >= 4 is 12.1 Å². The van der Waals surface area contributed by atoms with Crippen LogP contribution in [0.2, 0.25) is 0 Å². The van der Waals surface area contributed by atoms with Crippen LogP contribution in [0.1, 0.15) is 18.2 Å². The first-order valence-corrected chi connectivity index (χ1v) is 6.73. The molecule has 1 aromatic heterocycles. The lowest BCUT2D eigenvalue weighted by Gasteiger charge is -2.08. The van der Waals surface area contributed by atoms with Crippen molar-refractivity contribution in [1.82, 2.24) is 10.4 Å². The zero-order valence-corrected chi connectivity index (χ0v) is 11.8. The highest BCUT2D eigenvalue weighted by Crippen LogP contribution is 2.17. The molecule has 0 aliphatic rings. The van der Waals surface area contributed by atoms with Gasteiger partial charge in [-0.1, -0.05) is 31.2 Å². The van der Waals surface area contributed by atoms with Gasteiger partial charge < -0.3 is 4.74 Å². The van der Waals surface area contributed by atoms with Crippen LogP contribution < -0.4 is 10.2 Å². The maximum Gasteiger partial charge on any atom is 0.277 e. The van der Waals surface area contributed by atoms with Crippen molar-refractivity contribution in [3.8, 4) is 5.75 Å². The van der Waals surface area contributed by atoms with Crippen molar-refractivity contribution in [3.05, 3.63) is 59.9 Å². The van der Waals surface area contributed by atoms with Crippen LogP contribution in [-0.2, 0) is 11.2 Å². The van der Waals surface area contributed by atoms with Gasteiger partial charge in [0.25, 0.3) is 5.91 Å². The van der Waals surface area contributed by atoms with Crippen molar-refractivity contribution in [2.75, 3.05) is 6.61 Å². The topological polar surface area (TPSA) is 63.6 Å². The average Bonchev–Trinajstić information content (AvgIpc) is 2.54. The highest BCUT2D eigenvalue weighted by atomic mass is 16.5. The van der Waals surface area contributed by atoms with E-state index in [1.165, 1.54) is 6.21 Å². The third kappa shape index (κ3) is 4.72. The summed E-state index contributed by atoms with van der Waals surface area (Å²) < 4.78 is 5.49. The Morgan fingerprint density at radius 1 is 1.29 bits per heavy atom. The molecule has 2 rings (SSSR count). The maximum atomic E-state index is 11.6. The summed E-state index contributed by atoms with van der Waals surface area (Å²) in [5, 5.41) is 3.83. The molecule has 2 aromatic rings. The molecule has 0 atom stereocenters. The Morgan fingerprint density at radius 3 is 2.86 bits per heavy atom. The molecule has 0 radical (unpaired) electrons. The number of hydrogen-bond donors (Lipinski definition) is 1. The first kappa shape index (κ1) is 14.7. The number of para-hydroxylation sites is 1. The van der Waals surface area contributed by atoms with Crippen molar-refractivity contribution in [1.29, 1.82) is 0 Å². The molecule has 108 valence electrons. The Hall–Kier alpha value is -2.69. The number of aryl methyl sites for hydroxylation is 1. The fraction of sp³-hybridized carbons (Fsp3) is 0.188. The number of benzene rings is 1. The molecule has 0 unspecified atom stereocenters. The minimum Gasteiger partial charge on any atom is -0.483 e. The zero-order valence-electron chi connectivity index (χ0n) is 11.8. The highest BCUT2D eigenvalue weighted by Gasteiger charge is 2.04. The number of rotatable bonds is 6. The van der Waals surface area contributed by atoms with Gasteiger partial charge in [0.15, 0.2) is 6.61 Å². The van der Waals surface area contributed by atoms with Gasteiger partial charge in [0.1, 0.15) is 5.75 Å². The van der Waals surface area contributed by atoms with Crippen molar-refractivity contribution in [3.63, 3.8) is 0 Å². The number of nitrogens with one attached hydrogen (secondary N) is 1. The summed E-state index contributed by atoms with van der Waals surface area (Å²) >= 11 is 0. The molecule has 0 bridgehead atoms. The van der Waals surface area contributed by atoms with Crippen LogP contribution in [0.3, 0.4) is 0 Å². The lowest BCUT2D eigenvalue weighted by atomic mass is 10.1. The molecule has 5 heteroatoms. The quantitative estimate of drug-likeness (QED) is 0.653. The van der Waals surface area contributed by atoms with Crippen LogP contribution >= 0.6 is 0 Å².